The molecule has 1 aliphatic carbocycles. The van der Waals surface area contributed by atoms with Crippen LogP contribution in [0.2, 0.25) is 0 Å². The Kier molecular flexibility index (Phi) is 6.80. The minimum Gasteiger partial charge on any atom is -0.474 e. The van der Waals surface area contributed by atoms with Crippen molar-refractivity contribution in [1.82, 2.24) is 9.88 Å². The molecular weight excluding hydrogens is 437 g/mol. The average molecular weight is 471 g/mol. The van der Waals surface area contributed by atoms with Crippen LogP contribution in [0.15, 0.2) is 18.3 Å². The summed E-state index contributed by atoms with van der Waals surface area (Å²) in [4.78, 5) is 18.3. The molecule has 3 fully saturated rings. The van der Waals surface area contributed by atoms with Gasteiger partial charge in [0, 0.05) is 24.3 Å². The van der Waals surface area contributed by atoms with Crippen molar-refractivity contribution in [3.63, 3.8) is 0 Å². The van der Waals surface area contributed by atoms with Gasteiger partial charge in [-0.1, -0.05) is 0 Å². The SMILES string of the molecule is CC(C)(C)OC(=O)N1[C@@H]2CC[C@H]1CC(OC1CCC(Oc3ccc(C(F)(F)F)cn3)CC1)C2. The van der Waals surface area contributed by atoms with Crippen molar-refractivity contribution in [1.29, 1.82) is 0 Å². The normalized spacial score (nSPS) is 30.2. The summed E-state index contributed by atoms with van der Waals surface area (Å²) in [5.74, 6) is 0.221. The molecule has 3 heterocycles. The van der Waals surface area contributed by atoms with E-state index in [1.165, 1.54) is 6.07 Å². The van der Waals surface area contributed by atoms with Crippen LogP contribution in [-0.4, -0.2) is 52.0 Å². The molecule has 0 aromatic carbocycles. The summed E-state index contributed by atoms with van der Waals surface area (Å²) >= 11 is 0. The molecule has 0 spiro atoms. The Hall–Kier alpha value is -2.03. The Bertz CT molecular complexity index is 802. The van der Waals surface area contributed by atoms with E-state index in [4.69, 9.17) is 14.2 Å². The summed E-state index contributed by atoms with van der Waals surface area (Å²) in [6, 6.07) is 2.62. The first kappa shape index (κ1) is 24.1. The van der Waals surface area contributed by atoms with Gasteiger partial charge in [0.1, 0.15) is 11.7 Å². The molecule has 33 heavy (non-hydrogen) atoms. The number of carbonyl (C=O) groups excluding carboxylic acids is 1. The third-order valence-corrected chi connectivity index (χ3v) is 6.65. The highest BCUT2D eigenvalue weighted by Crippen LogP contribution is 2.39. The molecule has 3 atom stereocenters. The number of aromatic nitrogens is 1. The molecule has 6 nitrogen and oxygen atoms in total. The summed E-state index contributed by atoms with van der Waals surface area (Å²) in [5, 5.41) is 0. The maximum atomic E-state index is 12.7. The van der Waals surface area contributed by atoms with Crippen molar-refractivity contribution in [2.24, 2.45) is 0 Å². The predicted octanol–water partition coefficient (Wildman–Crippen LogP) is 5.74. The van der Waals surface area contributed by atoms with E-state index in [0.29, 0.717) is 0 Å². The Labute approximate surface area is 192 Å². The van der Waals surface area contributed by atoms with E-state index >= 15 is 0 Å². The second-order valence-electron chi connectivity index (χ2n) is 10.4. The molecule has 0 radical (unpaired) electrons. The van der Waals surface area contributed by atoms with Crippen LogP contribution in [-0.2, 0) is 15.7 Å². The minimum atomic E-state index is -4.40. The second-order valence-corrected chi connectivity index (χ2v) is 10.4. The van der Waals surface area contributed by atoms with Gasteiger partial charge in [0.25, 0.3) is 0 Å². The number of rotatable bonds is 4. The summed E-state index contributed by atoms with van der Waals surface area (Å²) in [6.07, 6.45) is 3.28. The van der Waals surface area contributed by atoms with Crippen molar-refractivity contribution in [2.75, 3.05) is 0 Å². The first-order chi connectivity index (χ1) is 15.5. The van der Waals surface area contributed by atoms with E-state index in [0.717, 1.165) is 63.6 Å². The van der Waals surface area contributed by atoms with Crippen molar-refractivity contribution in [3.8, 4) is 5.88 Å². The van der Waals surface area contributed by atoms with Gasteiger partial charge in [-0.05, 0) is 78.2 Å². The van der Waals surface area contributed by atoms with E-state index in [2.05, 4.69) is 4.98 Å². The van der Waals surface area contributed by atoms with Crippen LogP contribution in [0.4, 0.5) is 18.0 Å². The number of hydrogen-bond donors (Lipinski definition) is 0. The highest BCUT2D eigenvalue weighted by molar-refractivity contribution is 5.69. The molecule has 1 aromatic rings. The van der Waals surface area contributed by atoms with Crippen LogP contribution in [0.3, 0.4) is 0 Å². The largest absolute Gasteiger partial charge is 0.474 e. The number of piperidine rings is 1. The number of ether oxygens (including phenoxy) is 3. The quantitative estimate of drug-likeness (QED) is 0.562. The van der Waals surface area contributed by atoms with E-state index in [1.807, 2.05) is 25.7 Å². The highest BCUT2D eigenvalue weighted by atomic mass is 19.4. The van der Waals surface area contributed by atoms with Crippen LogP contribution < -0.4 is 4.74 Å². The Morgan fingerprint density at radius 1 is 0.939 bits per heavy atom. The molecule has 1 saturated carbocycles. The summed E-state index contributed by atoms with van der Waals surface area (Å²) in [5.41, 5.74) is -1.28. The molecular formula is C24H33F3N2O4. The lowest BCUT2D eigenvalue weighted by atomic mass is 9.93. The van der Waals surface area contributed by atoms with Gasteiger partial charge in [-0.2, -0.15) is 13.2 Å². The molecule has 2 aliphatic heterocycles. The van der Waals surface area contributed by atoms with Gasteiger partial charge in [0.2, 0.25) is 5.88 Å². The molecule has 4 rings (SSSR count). The van der Waals surface area contributed by atoms with Crippen LogP contribution in [0.25, 0.3) is 0 Å². The molecule has 2 bridgehead atoms. The van der Waals surface area contributed by atoms with Crippen molar-refractivity contribution in [3.05, 3.63) is 23.9 Å². The zero-order valence-corrected chi connectivity index (χ0v) is 19.4. The van der Waals surface area contributed by atoms with Crippen LogP contribution in [0, 0.1) is 0 Å². The summed E-state index contributed by atoms with van der Waals surface area (Å²) < 4.78 is 55.8. The number of hydrogen-bond acceptors (Lipinski definition) is 5. The second kappa shape index (κ2) is 9.31. The van der Waals surface area contributed by atoms with Gasteiger partial charge in [-0.25, -0.2) is 9.78 Å². The van der Waals surface area contributed by atoms with Crippen molar-refractivity contribution >= 4 is 6.09 Å². The van der Waals surface area contributed by atoms with E-state index in [9.17, 15) is 18.0 Å². The Balaban J connectivity index is 1.22. The van der Waals surface area contributed by atoms with E-state index in [-0.39, 0.29) is 42.4 Å². The van der Waals surface area contributed by atoms with Crippen LogP contribution in [0.5, 0.6) is 5.88 Å². The van der Waals surface area contributed by atoms with Gasteiger partial charge in [-0.15, -0.1) is 0 Å². The molecule has 0 N–H and O–H groups in total. The monoisotopic (exact) mass is 470 g/mol. The predicted molar refractivity (Wildman–Crippen MR) is 115 cm³/mol. The Morgan fingerprint density at radius 3 is 2.06 bits per heavy atom. The smallest absolute Gasteiger partial charge is 0.417 e. The van der Waals surface area contributed by atoms with Crippen LogP contribution >= 0.6 is 0 Å². The van der Waals surface area contributed by atoms with Crippen molar-refractivity contribution < 1.29 is 32.2 Å². The number of pyridine rings is 1. The van der Waals surface area contributed by atoms with Crippen molar-refractivity contribution in [2.45, 2.75) is 114 Å². The molecule has 3 aliphatic rings. The first-order valence-corrected chi connectivity index (χ1v) is 11.8. The minimum absolute atomic E-state index is 0.0701. The molecule has 1 amide bonds. The Morgan fingerprint density at radius 2 is 1.55 bits per heavy atom. The maximum absolute atomic E-state index is 12.7. The van der Waals surface area contributed by atoms with Gasteiger partial charge < -0.3 is 19.1 Å². The average Bonchev–Trinajstić information content (AvgIpc) is 2.99. The third kappa shape index (κ3) is 6.11. The topological polar surface area (TPSA) is 60.9 Å². The van der Waals surface area contributed by atoms with Crippen LogP contribution in [0.1, 0.15) is 77.7 Å². The summed E-state index contributed by atoms with van der Waals surface area (Å²) in [7, 11) is 0. The standard InChI is InChI=1S/C24H33F3N2O4/c1-23(2,3)33-22(30)29-16-5-6-17(29)13-20(12-16)31-18-7-9-19(10-8-18)32-21-11-4-15(14-28-21)24(25,26)27/h4,11,14,16-20H,5-10,12-13H2,1-3H3/t16-,17+,18?,19?,20?. The zero-order valence-electron chi connectivity index (χ0n) is 19.4. The molecule has 184 valence electrons. The fourth-order valence-electron chi connectivity index (χ4n) is 5.20. The molecule has 9 heteroatoms. The third-order valence-electron chi connectivity index (χ3n) is 6.65. The molecule has 1 aromatic heterocycles. The lowest BCUT2D eigenvalue weighted by molar-refractivity contribution is -0.137. The van der Waals surface area contributed by atoms with Gasteiger partial charge in [0.15, 0.2) is 0 Å². The first-order valence-electron chi connectivity index (χ1n) is 11.8. The number of alkyl halides is 3. The maximum Gasteiger partial charge on any atom is 0.417 e. The van der Waals surface area contributed by atoms with Gasteiger partial charge in [0.05, 0.1) is 17.8 Å². The molecule has 1 unspecified atom stereocenters. The lowest BCUT2D eigenvalue weighted by Crippen LogP contribution is -2.50. The number of halogens is 3. The van der Waals surface area contributed by atoms with Gasteiger partial charge in [-0.3, -0.25) is 0 Å². The lowest BCUT2D eigenvalue weighted by Gasteiger charge is -2.41. The van der Waals surface area contributed by atoms with E-state index in [1.54, 1.807) is 0 Å². The van der Waals surface area contributed by atoms with Gasteiger partial charge >= 0.3 is 12.3 Å². The highest BCUT2D eigenvalue weighted by Gasteiger charge is 2.45. The number of amides is 1. The van der Waals surface area contributed by atoms with E-state index < -0.39 is 17.3 Å². The fourth-order valence-corrected chi connectivity index (χ4v) is 5.20. The summed E-state index contributed by atoms with van der Waals surface area (Å²) in [6.45, 7) is 5.66. The molecule has 2 saturated heterocycles. The zero-order chi connectivity index (χ0) is 23.8. The number of carbonyl (C=O) groups is 1. The number of nitrogens with zero attached hydrogens (tertiary/aromatic N) is 2. The fraction of sp³-hybridized carbons (Fsp3) is 0.750. The number of fused-ring (bicyclic) bond motifs is 2.